The Morgan fingerprint density at radius 2 is 1.80 bits per heavy atom. The van der Waals surface area contributed by atoms with Crippen LogP contribution in [0, 0.1) is 10.3 Å². The van der Waals surface area contributed by atoms with Crippen LogP contribution < -0.4 is 4.74 Å². The van der Waals surface area contributed by atoms with Crippen molar-refractivity contribution in [1.82, 2.24) is 0 Å². The molecule has 106 valence electrons. The van der Waals surface area contributed by atoms with Crippen LogP contribution in [0.15, 0.2) is 41.6 Å². The average molecular weight is 271 g/mol. The molecule has 0 radical (unpaired) electrons. The van der Waals surface area contributed by atoms with E-state index in [1.807, 2.05) is 36.4 Å². The van der Waals surface area contributed by atoms with E-state index in [1.165, 1.54) is 0 Å². The highest BCUT2D eigenvalue weighted by Gasteiger charge is 2.21. The Bertz CT molecular complexity index is 603. The molecule has 20 heavy (non-hydrogen) atoms. The minimum atomic E-state index is 0.131. The van der Waals surface area contributed by atoms with Crippen LogP contribution in [-0.2, 0) is 0 Å². The molecule has 0 amide bonds. The molecule has 0 saturated carbocycles. The zero-order chi connectivity index (χ0) is 14.6. The lowest BCUT2D eigenvalue weighted by atomic mass is 9.86. The van der Waals surface area contributed by atoms with Gasteiger partial charge < -0.3 is 4.74 Å². The molecule has 0 spiro atoms. The van der Waals surface area contributed by atoms with Crippen molar-refractivity contribution in [2.24, 2.45) is 10.6 Å². The van der Waals surface area contributed by atoms with Gasteiger partial charge >= 0.3 is 0 Å². The van der Waals surface area contributed by atoms with Crippen LogP contribution >= 0.6 is 0 Å². The van der Waals surface area contributed by atoms with E-state index in [-0.39, 0.29) is 5.41 Å². The van der Waals surface area contributed by atoms with E-state index >= 15 is 0 Å². The Morgan fingerprint density at radius 1 is 1.10 bits per heavy atom. The largest absolute Gasteiger partial charge is 0.491 e. The predicted octanol–water partition coefficient (Wildman–Crippen LogP) is 5.44. The number of rotatable bonds is 6. The summed E-state index contributed by atoms with van der Waals surface area (Å²) in [6, 6.07) is 11.5. The highest BCUT2D eigenvalue weighted by atomic mass is 16.5. The number of hydrogen-bond donors (Lipinski definition) is 0. The summed E-state index contributed by atoms with van der Waals surface area (Å²) < 4.78 is 5.89. The molecule has 0 saturated heterocycles. The SMILES string of the molecule is CCC(C)(CC)COc1ccc2ccccc2c1N=O. The second-order valence-electron chi connectivity index (χ2n) is 5.53. The molecule has 2 aromatic carbocycles. The molecule has 3 heteroatoms. The number of nitroso groups, excluding NO2 is 1. The maximum absolute atomic E-state index is 11.2. The topological polar surface area (TPSA) is 38.7 Å². The third-order valence-corrected chi connectivity index (χ3v) is 4.24. The molecular formula is C17H21NO2. The van der Waals surface area contributed by atoms with Crippen LogP contribution in [0.25, 0.3) is 10.8 Å². The number of ether oxygens (including phenoxy) is 1. The van der Waals surface area contributed by atoms with Crippen LogP contribution in [0.3, 0.4) is 0 Å². The average Bonchev–Trinajstić information content (AvgIpc) is 2.51. The van der Waals surface area contributed by atoms with E-state index in [0.29, 0.717) is 18.0 Å². The van der Waals surface area contributed by atoms with Crippen molar-refractivity contribution in [2.45, 2.75) is 33.6 Å². The minimum Gasteiger partial charge on any atom is -0.491 e. The van der Waals surface area contributed by atoms with Crippen molar-refractivity contribution in [3.8, 4) is 5.75 Å². The zero-order valence-corrected chi connectivity index (χ0v) is 12.3. The maximum Gasteiger partial charge on any atom is 0.157 e. The second kappa shape index (κ2) is 6.04. The first-order valence-corrected chi connectivity index (χ1v) is 7.11. The predicted molar refractivity (Wildman–Crippen MR) is 83.6 cm³/mol. The van der Waals surface area contributed by atoms with E-state index in [2.05, 4.69) is 25.9 Å². The van der Waals surface area contributed by atoms with Crippen molar-refractivity contribution in [3.05, 3.63) is 41.3 Å². The number of benzene rings is 2. The molecule has 0 atom stereocenters. The van der Waals surface area contributed by atoms with Gasteiger partial charge in [0.25, 0.3) is 0 Å². The van der Waals surface area contributed by atoms with Crippen molar-refractivity contribution >= 4 is 16.5 Å². The van der Waals surface area contributed by atoms with Crippen LogP contribution in [0.2, 0.25) is 0 Å². The van der Waals surface area contributed by atoms with Gasteiger partial charge in [0.2, 0.25) is 0 Å². The number of fused-ring (bicyclic) bond motifs is 1. The van der Waals surface area contributed by atoms with E-state index in [1.54, 1.807) is 0 Å². The van der Waals surface area contributed by atoms with Gasteiger partial charge in [-0.15, -0.1) is 4.91 Å². The summed E-state index contributed by atoms with van der Waals surface area (Å²) in [5.41, 5.74) is 0.531. The second-order valence-corrected chi connectivity index (χ2v) is 5.53. The smallest absolute Gasteiger partial charge is 0.157 e. The van der Waals surface area contributed by atoms with E-state index in [4.69, 9.17) is 4.74 Å². The van der Waals surface area contributed by atoms with Crippen molar-refractivity contribution in [1.29, 1.82) is 0 Å². The molecule has 0 aliphatic rings. The number of hydrogen-bond acceptors (Lipinski definition) is 3. The van der Waals surface area contributed by atoms with E-state index < -0.39 is 0 Å². The van der Waals surface area contributed by atoms with Gasteiger partial charge in [0.05, 0.1) is 6.61 Å². The van der Waals surface area contributed by atoms with Gasteiger partial charge in [-0.3, -0.25) is 0 Å². The molecule has 0 bridgehead atoms. The summed E-state index contributed by atoms with van der Waals surface area (Å²) in [4.78, 5) is 11.2. The third-order valence-electron chi connectivity index (χ3n) is 4.24. The summed E-state index contributed by atoms with van der Waals surface area (Å²) in [5.74, 6) is 0.576. The Labute approximate surface area is 119 Å². The Morgan fingerprint density at radius 3 is 2.45 bits per heavy atom. The van der Waals surface area contributed by atoms with Gasteiger partial charge in [-0.05, 0) is 29.5 Å². The van der Waals surface area contributed by atoms with Gasteiger partial charge in [-0.25, -0.2) is 0 Å². The van der Waals surface area contributed by atoms with Gasteiger partial charge in [0.1, 0.15) is 5.75 Å². The van der Waals surface area contributed by atoms with Gasteiger partial charge in [0.15, 0.2) is 5.69 Å². The fourth-order valence-corrected chi connectivity index (χ4v) is 2.15. The molecule has 2 aromatic rings. The van der Waals surface area contributed by atoms with Crippen molar-refractivity contribution in [3.63, 3.8) is 0 Å². The molecular weight excluding hydrogens is 250 g/mol. The lowest BCUT2D eigenvalue weighted by molar-refractivity contribution is 0.152. The maximum atomic E-state index is 11.2. The van der Waals surface area contributed by atoms with Crippen LogP contribution in [0.5, 0.6) is 5.75 Å². The normalized spacial score (nSPS) is 11.6. The minimum absolute atomic E-state index is 0.131. The lowest BCUT2D eigenvalue weighted by Gasteiger charge is -2.26. The quantitative estimate of drug-likeness (QED) is 0.656. The molecule has 0 aliphatic carbocycles. The summed E-state index contributed by atoms with van der Waals surface area (Å²) in [6.45, 7) is 7.11. The highest BCUT2D eigenvalue weighted by molar-refractivity contribution is 5.95. The monoisotopic (exact) mass is 271 g/mol. The number of nitrogens with zero attached hydrogens (tertiary/aromatic N) is 1. The standard InChI is InChI=1S/C17H21NO2/c1-4-17(3,5-2)12-20-15-11-10-13-8-6-7-9-14(13)16(15)18-19/h6-11H,4-5,12H2,1-3H3. The Kier molecular flexibility index (Phi) is 4.38. The lowest BCUT2D eigenvalue weighted by Crippen LogP contribution is -2.23. The summed E-state index contributed by atoms with van der Waals surface area (Å²) in [7, 11) is 0. The summed E-state index contributed by atoms with van der Waals surface area (Å²) >= 11 is 0. The summed E-state index contributed by atoms with van der Waals surface area (Å²) in [5, 5.41) is 5.02. The zero-order valence-electron chi connectivity index (χ0n) is 12.3. The van der Waals surface area contributed by atoms with Gasteiger partial charge in [-0.1, -0.05) is 51.1 Å². The van der Waals surface area contributed by atoms with Crippen LogP contribution in [-0.4, -0.2) is 6.61 Å². The Balaban J connectivity index is 2.33. The molecule has 0 fully saturated rings. The van der Waals surface area contributed by atoms with Crippen LogP contribution in [0.1, 0.15) is 33.6 Å². The van der Waals surface area contributed by atoms with Crippen LogP contribution in [0.4, 0.5) is 5.69 Å². The third kappa shape index (κ3) is 2.82. The molecule has 0 aliphatic heterocycles. The van der Waals surface area contributed by atoms with Crippen molar-refractivity contribution in [2.75, 3.05) is 6.61 Å². The summed E-state index contributed by atoms with van der Waals surface area (Å²) in [6.07, 6.45) is 2.09. The van der Waals surface area contributed by atoms with E-state index in [0.717, 1.165) is 23.6 Å². The first-order valence-electron chi connectivity index (χ1n) is 7.11. The molecule has 3 nitrogen and oxygen atoms in total. The molecule has 0 N–H and O–H groups in total. The van der Waals surface area contributed by atoms with Gasteiger partial charge in [0, 0.05) is 10.8 Å². The molecule has 0 aromatic heterocycles. The van der Waals surface area contributed by atoms with Gasteiger partial charge in [-0.2, -0.15) is 0 Å². The van der Waals surface area contributed by atoms with E-state index in [9.17, 15) is 4.91 Å². The fraction of sp³-hybridized carbons (Fsp3) is 0.412. The fourth-order valence-electron chi connectivity index (χ4n) is 2.15. The Hall–Kier alpha value is -1.90. The molecule has 0 heterocycles. The first kappa shape index (κ1) is 14.5. The van der Waals surface area contributed by atoms with Crippen molar-refractivity contribution < 1.29 is 4.74 Å². The first-order chi connectivity index (χ1) is 9.63. The molecule has 2 rings (SSSR count). The molecule has 0 unspecified atom stereocenters. The highest BCUT2D eigenvalue weighted by Crippen LogP contribution is 2.37.